The molecule has 0 bridgehead atoms. The molecule has 0 aromatic carbocycles. The number of primary amides is 1. The highest BCUT2D eigenvalue weighted by Crippen LogP contribution is 2.20. The number of carbonyl (C=O) groups is 1. The third kappa shape index (κ3) is 5.06. The van der Waals surface area contributed by atoms with Crippen molar-refractivity contribution in [1.82, 2.24) is 0 Å². The van der Waals surface area contributed by atoms with E-state index in [0.29, 0.717) is 0 Å². The van der Waals surface area contributed by atoms with Gasteiger partial charge in [0.2, 0.25) is 0 Å². The van der Waals surface area contributed by atoms with Gasteiger partial charge in [0.05, 0.1) is 0 Å². The maximum absolute atomic E-state index is 9.32. The number of aliphatic hydroxyl groups is 2. The zero-order valence-corrected chi connectivity index (χ0v) is 7.74. The lowest BCUT2D eigenvalue weighted by atomic mass is 9.65. The van der Waals surface area contributed by atoms with Crippen molar-refractivity contribution < 1.29 is 30.2 Å². The fraction of sp³-hybridized carbons (Fsp3) is 0.286. The van der Waals surface area contributed by atoms with Crippen LogP contribution in [0.3, 0.4) is 0 Å². The Morgan fingerprint density at radius 1 is 1.53 bits per heavy atom. The number of aliphatic hydroxyl groups excluding tert-OH is 1. The highest BCUT2D eigenvalue weighted by Gasteiger charge is 2.38. The molecule has 1 aliphatic rings. The highest BCUT2D eigenvalue weighted by molar-refractivity contribution is 6.46. The Morgan fingerprint density at radius 3 is 2.27 bits per heavy atom. The summed E-state index contributed by atoms with van der Waals surface area (Å²) in [6, 6.07) is 0. The lowest BCUT2D eigenvalue weighted by molar-refractivity contribution is 0.127. The molecule has 1 amide bonds. The maximum atomic E-state index is 9.32. The second-order valence-corrected chi connectivity index (χ2v) is 2.87. The summed E-state index contributed by atoms with van der Waals surface area (Å²) in [5, 5.41) is 42.7. The van der Waals surface area contributed by atoms with Crippen LogP contribution in [0.2, 0.25) is 0 Å². The van der Waals surface area contributed by atoms with Gasteiger partial charge in [-0.2, -0.15) is 0 Å². The summed E-state index contributed by atoms with van der Waals surface area (Å²) < 4.78 is 0. The van der Waals surface area contributed by atoms with Gasteiger partial charge in [0.25, 0.3) is 0 Å². The molecule has 1 atom stereocenters. The molecule has 7 nitrogen and oxygen atoms in total. The van der Waals surface area contributed by atoms with Crippen molar-refractivity contribution in [2.75, 3.05) is 0 Å². The summed E-state index contributed by atoms with van der Waals surface area (Å²) in [5.41, 5.74) is 2.38. The molecule has 0 aromatic rings. The molecule has 0 saturated heterocycles. The van der Waals surface area contributed by atoms with Crippen molar-refractivity contribution in [2.45, 2.75) is 11.9 Å². The molecule has 0 radical (unpaired) electrons. The lowest BCUT2D eigenvalue weighted by Crippen LogP contribution is -2.45. The second kappa shape index (κ2) is 5.39. The van der Waals surface area contributed by atoms with Gasteiger partial charge < -0.3 is 31.1 Å². The molecule has 7 N–H and O–H groups in total. The molecule has 84 valence electrons. The number of nitrogens with two attached hydrogens (primary N) is 1. The van der Waals surface area contributed by atoms with Crippen molar-refractivity contribution in [3.8, 4) is 0 Å². The van der Waals surface area contributed by atoms with Crippen LogP contribution in [-0.2, 0) is 0 Å². The first-order valence-electron chi connectivity index (χ1n) is 3.93. The molecule has 1 rings (SSSR count). The van der Waals surface area contributed by atoms with Crippen molar-refractivity contribution >= 4 is 13.2 Å². The summed E-state index contributed by atoms with van der Waals surface area (Å²) >= 11 is 0. The molecule has 0 aromatic heterocycles. The van der Waals surface area contributed by atoms with Gasteiger partial charge in [0.1, 0.15) is 11.3 Å². The molecular formula is C7H12BNO6. The van der Waals surface area contributed by atoms with Gasteiger partial charge in [-0.1, -0.05) is 6.08 Å². The number of allylic oxidation sites excluding steroid dienone is 1. The van der Waals surface area contributed by atoms with E-state index in [1.807, 2.05) is 0 Å². The SMILES string of the molecule is NC(=O)O.OB(O)C1(O)C=CC(O)=CC1. The van der Waals surface area contributed by atoms with Crippen molar-refractivity contribution in [3.05, 3.63) is 24.0 Å². The topological polar surface area (TPSA) is 144 Å². The first-order valence-corrected chi connectivity index (χ1v) is 3.93. The molecule has 0 spiro atoms. The van der Waals surface area contributed by atoms with E-state index >= 15 is 0 Å². The van der Waals surface area contributed by atoms with Crippen LogP contribution in [0.4, 0.5) is 4.79 Å². The molecule has 0 fully saturated rings. The normalized spacial score (nSPS) is 23.5. The van der Waals surface area contributed by atoms with E-state index in [9.17, 15) is 5.11 Å². The van der Waals surface area contributed by atoms with Crippen LogP contribution < -0.4 is 5.73 Å². The van der Waals surface area contributed by atoms with Crippen LogP contribution >= 0.6 is 0 Å². The molecule has 15 heavy (non-hydrogen) atoms. The third-order valence-electron chi connectivity index (χ3n) is 1.63. The number of hydrogen-bond donors (Lipinski definition) is 6. The van der Waals surface area contributed by atoms with E-state index < -0.39 is 18.7 Å². The Kier molecular flexibility index (Phi) is 4.85. The van der Waals surface area contributed by atoms with Crippen molar-refractivity contribution in [3.63, 3.8) is 0 Å². The number of rotatable bonds is 1. The van der Waals surface area contributed by atoms with Crippen LogP contribution in [0.5, 0.6) is 0 Å². The van der Waals surface area contributed by atoms with Gasteiger partial charge in [0.15, 0.2) is 0 Å². The van der Waals surface area contributed by atoms with Crippen molar-refractivity contribution in [1.29, 1.82) is 0 Å². The fourth-order valence-corrected chi connectivity index (χ4v) is 0.825. The minimum atomic E-state index is -1.82. The Hall–Kier alpha value is -1.51. The Balaban J connectivity index is 0.000000423. The predicted octanol–water partition coefficient (Wildman–Crippen LogP) is -1.25. The van der Waals surface area contributed by atoms with E-state index in [1.165, 1.54) is 12.2 Å². The van der Waals surface area contributed by atoms with Gasteiger partial charge in [-0.05, 0) is 12.2 Å². The third-order valence-corrected chi connectivity index (χ3v) is 1.63. The summed E-state index contributed by atoms with van der Waals surface area (Å²) in [5.74, 6) is 0.0234. The summed E-state index contributed by atoms with van der Waals surface area (Å²) in [7, 11) is -1.82. The van der Waals surface area contributed by atoms with Crippen LogP contribution in [0, 0.1) is 0 Å². The fourth-order valence-electron chi connectivity index (χ4n) is 0.825. The van der Waals surface area contributed by atoms with Crippen molar-refractivity contribution in [2.24, 2.45) is 5.73 Å². The minimum Gasteiger partial charge on any atom is -0.508 e. The number of hydrogen-bond acceptors (Lipinski definition) is 5. The molecule has 0 saturated carbocycles. The van der Waals surface area contributed by atoms with Gasteiger partial charge in [-0.15, -0.1) is 0 Å². The largest absolute Gasteiger partial charge is 0.508 e. The molecule has 1 unspecified atom stereocenters. The quantitative estimate of drug-likeness (QED) is 0.303. The lowest BCUT2D eigenvalue weighted by Gasteiger charge is -2.23. The molecular weight excluding hydrogens is 205 g/mol. The first kappa shape index (κ1) is 13.5. The zero-order valence-electron chi connectivity index (χ0n) is 7.74. The predicted molar refractivity (Wildman–Crippen MR) is 51.8 cm³/mol. The smallest absolute Gasteiger partial charge is 0.490 e. The Labute approximate surface area is 85.9 Å². The average molecular weight is 217 g/mol. The highest BCUT2D eigenvalue weighted by atomic mass is 16.4. The van der Waals surface area contributed by atoms with Crippen LogP contribution in [-0.4, -0.2) is 44.1 Å². The second-order valence-electron chi connectivity index (χ2n) is 2.87. The van der Waals surface area contributed by atoms with E-state index in [2.05, 4.69) is 5.73 Å². The van der Waals surface area contributed by atoms with Gasteiger partial charge in [-0.3, -0.25) is 0 Å². The van der Waals surface area contributed by atoms with E-state index in [-0.39, 0.29) is 12.2 Å². The van der Waals surface area contributed by atoms with Gasteiger partial charge in [0, 0.05) is 6.42 Å². The Bertz CT molecular complexity index is 285. The zero-order chi connectivity index (χ0) is 12.1. The van der Waals surface area contributed by atoms with Gasteiger partial charge in [-0.25, -0.2) is 4.79 Å². The van der Waals surface area contributed by atoms with Crippen LogP contribution in [0.15, 0.2) is 24.0 Å². The standard InChI is InChI=1S/C6H9BO4.CH3NO2/c8-5-1-3-6(9,4-2-5)7(10)11;2-1(3)4/h1-3,8-11H,4H2;2H2,(H,3,4). The summed E-state index contributed by atoms with van der Waals surface area (Å²) in [6.45, 7) is 0. The molecule has 1 aliphatic carbocycles. The monoisotopic (exact) mass is 217 g/mol. The van der Waals surface area contributed by atoms with Crippen LogP contribution in [0.1, 0.15) is 6.42 Å². The maximum Gasteiger partial charge on any atom is 0.490 e. The van der Waals surface area contributed by atoms with E-state index in [4.69, 9.17) is 25.1 Å². The van der Waals surface area contributed by atoms with E-state index in [0.717, 1.165) is 6.08 Å². The average Bonchev–Trinajstić information content (AvgIpc) is 2.09. The van der Waals surface area contributed by atoms with Crippen LogP contribution in [0.25, 0.3) is 0 Å². The number of amides is 1. The minimum absolute atomic E-state index is 0.00694. The summed E-state index contributed by atoms with van der Waals surface area (Å²) in [4.78, 5) is 8.78. The van der Waals surface area contributed by atoms with Gasteiger partial charge >= 0.3 is 13.2 Å². The number of carboxylic acid groups (broad SMARTS) is 1. The first-order chi connectivity index (χ1) is 6.78. The molecule has 8 heteroatoms. The Morgan fingerprint density at radius 2 is 2.00 bits per heavy atom. The van der Waals surface area contributed by atoms with E-state index in [1.54, 1.807) is 0 Å². The summed E-state index contributed by atoms with van der Waals surface area (Å²) in [6.07, 6.45) is 2.38. The molecule has 0 heterocycles. The molecule has 0 aliphatic heterocycles.